The minimum Gasteiger partial charge on any atom is -0.392 e. The summed E-state index contributed by atoms with van der Waals surface area (Å²) in [5.74, 6) is 2.11. The molecule has 1 heterocycles. The van der Waals surface area contributed by atoms with Crippen LogP contribution in [0.5, 0.6) is 0 Å². The molecule has 0 spiro atoms. The van der Waals surface area contributed by atoms with Crippen molar-refractivity contribution in [3.05, 3.63) is 35.4 Å². The lowest BCUT2D eigenvalue weighted by molar-refractivity contribution is 0.166. The zero-order valence-corrected chi connectivity index (χ0v) is 11.0. The Morgan fingerprint density at radius 3 is 2.00 bits per heavy atom. The van der Waals surface area contributed by atoms with Gasteiger partial charge in [0.25, 0.3) is 0 Å². The maximum absolute atomic E-state index is 9.03. The second-order valence-electron chi connectivity index (χ2n) is 5.93. The molecule has 0 unspecified atom stereocenters. The second kappa shape index (κ2) is 5.41. The van der Waals surface area contributed by atoms with E-state index in [2.05, 4.69) is 17.0 Å². The van der Waals surface area contributed by atoms with E-state index in [4.69, 9.17) is 5.11 Å². The van der Waals surface area contributed by atoms with Gasteiger partial charge in [-0.15, -0.1) is 0 Å². The third kappa shape index (κ3) is 2.93. The Morgan fingerprint density at radius 2 is 1.44 bits per heavy atom. The minimum atomic E-state index is 0.146. The molecule has 1 saturated carbocycles. The minimum absolute atomic E-state index is 0.146. The summed E-state index contributed by atoms with van der Waals surface area (Å²) in [7, 11) is 0. The number of piperidine rings is 1. The molecule has 0 aromatic heterocycles. The first-order valence-electron chi connectivity index (χ1n) is 7.26. The Labute approximate surface area is 110 Å². The van der Waals surface area contributed by atoms with Gasteiger partial charge in [-0.3, -0.25) is 4.90 Å². The largest absolute Gasteiger partial charge is 0.392 e. The molecule has 1 N–H and O–H groups in total. The van der Waals surface area contributed by atoms with Gasteiger partial charge < -0.3 is 5.11 Å². The van der Waals surface area contributed by atoms with E-state index in [-0.39, 0.29) is 6.61 Å². The van der Waals surface area contributed by atoms with Crippen LogP contribution >= 0.6 is 0 Å². The summed E-state index contributed by atoms with van der Waals surface area (Å²) in [5.41, 5.74) is 2.38. The van der Waals surface area contributed by atoms with E-state index < -0.39 is 0 Å². The predicted octanol–water partition coefficient (Wildman–Crippen LogP) is 2.80. The van der Waals surface area contributed by atoms with Gasteiger partial charge in [0.1, 0.15) is 0 Å². The van der Waals surface area contributed by atoms with Gasteiger partial charge in [0.05, 0.1) is 6.61 Å². The summed E-state index contributed by atoms with van der Waals surface area (Å²) in [6, 6.07) is 8.37. The van der Waals surface area contributed by atoms with Crippen LogP contribution in [0.3, 0.4) is 0 Å². The van der Waals surface area contributed by atoms with E-state index in [1.807, 2.05) is 12.1 Å². The van der Waals surface area contributed by atoms with Crippen LogP contribution in [0, 0.1) is 11.8 Å². The average molecular weight is 245 g/mol. The zero-order valence-electron chi connectivity index (χ0n) is 11.0. The monoisotopic (exact) mass is 245 g/mol. The molecule has 2 heteroatoms. The summed E-state index contributed by atoms with van der Waals surface area (Å²) in [6.45, 7) is 3.75. The fourth-order valence-corrected chi connectivity index (χ4v) is 3.16. The molecule has 1 aliphatic carbocycles. The summed E-state index contributed by atoms with van der Waals surface area (Å²) < 4.78 is 0. The van der Waals surface area contributed by atoms with E-state index in [1.165, 1.54) is 44.3 Å². The number of likely N-dealkylation sites (tertiary alicyclic amines) is 1. The molecule has 2 aliphatic rings. The van der Waals surface area contributed by atoms with Crippen LogP contribution in [0.15, 0.2) is 24.3 Å². The molecule has 1 aliphatic heterocycles. The molecular formula is C16H23NO. The van der Waals surface area contributed by atoms with Gasteiger partial charge in [0.2, 0.25) is 0 Å². The highest BCUT2D eigenvalue weighted by molar-refractivity contribution is 5.21. The van der Waals surface area contributed by atoms with Crippen LogP contribution in [0.25, 0.3) is 0 Å². The van der Waals surface area contributed by atoms with E-state index in [1.54, 1.807) is 0 Å². The van der Waals surface area contributed by atoms with Crippen molar-refractivity contribution in [3.63, 3.8) is 0 Å². The fraction of sp³-hybridized carbons (Fsp3) is 0.625. The van der Waals surface area contributed by atoms with Gasteiger partial charge in [-0.25, -0.2) is 0 Å². The zero-order chi connectivity index (χ0) is 12.4. The number of hydrogen-bond donors (Lipinski definition) is 1. The normalized spacial score (nSPS) is 22.3. The van der Waals surface area contributed by atoms with Crippen molar-refractivity contribution in [3.8, 4) is 0 Å². The molecule has 0 amide bonds. The SMILES string of the molecule is OCc1ccc(CN2CCC(C3CC3)CC2)cc1. The fourth-order valence-electron chi connectivity index (χ4n) is 3.16. The Hall–Kier alpha value is -0.860. The van der Waals surface area contributed by atoms with Gasteiger partial charge in [-0.05, 0) is 61.7 Å². The number of hydrogen-bond acceptors (Lipinski definition) is 2. The van der Waals surface area contributed by atoms with Gasteiger partial charge in [-0.2, -0.15) is 0 Å². The molecule has 98 valence electrons. The summed E-state index contributed by atoms with van der Waals surface area (Å²) in [6.07, 6.45) is 5.79. The van der Waals surface area contributed by atoms with E-state index in [9.17, 15) is 0 Å². The van der Waals surface area contributed by atoms with E-state index in [0.29, 0.717) is 0 Å². The predicted molar refractivity (Wildman–Crippen MR) is 73.1 cm³/mol. The van der Waals surface area contributed by atoms with Crippen molar-refractivity contribution in [1.29, 1.82) is 0 Å². The molecule has 0 atom stereocenters. The smallest absolute Gasteiger partial charge is 0.0681 e. The summed E-state index contributed by atoms with van der Waals surface area (Å²) in [5, 5.41) is 9.03. The van der Waals surface area contributed by atoms with Crippen LogP contribution in [-0.4, -0.2) is 23.1 Å². The first-order valence-corrected chi connectivity index (χ1v) is 7.26. The van der Waals surface area contributed by atoms with E-state index in [0.717, 1.165) is 23.9 Å². The Kier molecular flexibility index (Phi) is 3.67. The van der Waals surface area contributed by atoms with Crippen LogP contribution in [0.4, 0.5) is 0 Å². The average Bonchev–Trinajstić information content (AvgIpc) is 3.25. The summed E-state index contributed by atoms with van der Waals surface area (Å²) >= 11 is 0. The maximum atomic E-state index is 9.03. The van der Waals surface area contributed by atoms with Crippen LogP contribution < -0.4 is 0 Å². The third-order valence-electron chi connectivity index (χ3n) is 4.53. The molecule has 2 fully saturated rings. The molecule has 0 radical (unpaired) electrons. The van der Waals surface area contributed by atoms with Crippen LogP contribution in [0.1, 0.15) is 36.8 Å². The Bertz CT molecular complexity index is 375. The lowest BCUT2D eigenvalue weighted by Gasteiger charge is -2.32. The van der Waals surface area contributed by atoms with Crippen LogP contribution in [0.2, 0.25) is 0 Å². The van der Waals surface area contributed by atoms with Crippen molar-refractivity contribution >= 4 is 0 Å². The first-order chi connectivity index (χ1) is 8.85. The highest BCUT2D eigenvalue weighted by Crippen LogP contribution is 2.41. The number of aliphatic hydroxyl groups excluding tert-OH is 1. The molecule has 1 aromatic rings. The highest BCUT2D eigenvalue weighted by Gasteiger charge is 2.33. The number of aliphatic hydroxyl groups is 1. The van der Waals surface area contributed by atoms with Gasteiger partial charge in [0.15, 0.2) is 0 Å². The van der Waals surface area contributed by atoms with Crippen LogP contribution in [-0.2, 0) is 13.2 Å². The standard InChI is InChI=1S/C16H23NO/c18-12-14-3-1-13(2-4-14)11-17-9-7-16(8-10-17)15-5-6-15/h1-4,15-16,18H,5-12H2. The Balaban J connectivity index is 1.50. The van der Waals surface area contributed by atoms with Crippen molar-refractivity contribution < 1.29 is 5.11 Å². The molecule has 18 heavy (non-hydrogen) atoms. The number of nitrogens with zero attached hydrogens (tertiary/aromatic N) is 1. The third-order valence-corrected chi connectivity index (χ3v) is 4.53. The molecule has 3 rings (SSSR count). The topological polar surface area (TPSA) is 23.5 Å². The molecule has 0 bridgehead atoms. The molecule has 1 saturated heterocycles. The van der Waals surface area contributed by atoms with Gasteiger partial charge in [0, 0.05) is 6.54 Å². The van der Waals surface area contributed by atoms with E-state index >= 15 is 0 Å². The lowest BCUT2D eigenvalue weighted by Crippen LogP contribution is -2.33. The Morgan fingerprint density at radius 1 is 0.889 bits per heavy atom. The van der Waals surface area contributed by atoms with Gasteiger partial charge >= 0.3 is 0 Å². The number of benzene rings is 1. The second-order valence-corrected chi connectivity index (χ2v) is 5.93. The van der Waals surface area contributed by atoms with Gasteiger partial charge in [-0.1, -0.05) is 24.3 Å². The van der Waals surface area contributed by atoms with Crippen molar-refractivity contribution in [1.82, 2.24) is 4.90 Å². The quantitative estimate of drug-likeness (QED) is 0.881. The molecule has 2 nitrogen and oxygen atoms in total. The number of rotatable bonds is 4. The lowest BCUT2D eigenvalue weighted by atomic mass is 9.92. The highest BCUT2D eigenvalue weighted by atomic mass is 16.3. The van der Waals surface area contributed by atoms with Crippen molar-refractivity contribution in [2.24, 2.45) is 11.8 Å². The summed E-state index contributed by atoms with van der Waals surface area (Å²) in [4.78, 5) is 2.58. The van der Waals surface area contributed by atoms with Crippen molar-refractivity contribution in [2.45, 2.75) is 38.8 Å². The van der Waals surface area contributed by atoms with Crippen molar-refractivity contribution in [2.75, 3.05) is 13.1 Å². The maximum Gasteiger partial charge on any atom is 0.0681 e. The molecular weight excluding hydrogens is 222 g/mol. The first kappa shape index (κ1) is 12.2. The molecule has 1 aromatic carbocycles.